The van der Waals surface area contributed by atoms with E-state index in [1.807, 2.05) is 18.3 Å². The summed E-state index contributed by atoms with van der Waals surface area (Å²) in [6.45, 7) is 29.6. The minimum Gasteiger partial charge on any atom is -0.509 e. The molecule has 0 N–H and O–H groups in total. The van der Waals surface area contributed by atoms with Gasteiger partial charge in [0.2, 0.25) is 0 Å². The maximum atomic E-state index is 6.86. The van der Waals surface area contributed by atoms with E-state index >= 15 is 0 Å². The molecule has 76 heavy (non-hydrogen) atoms. The van der Waals surface area contributed by atoms with E-state index in [4.69, 9.17) is 9.72 Å². The average molecular weight is 1180 g/mol. The number of hydrogen-bond acceptors (Lipinski definition) is 4. The van der Waals surface area contributed by atoms with E-state index in [0.717, 1.165) is 67.1 Å². The van der Waals surface area contributed by atoms with E-state index in [9.17, 15) is 0 Å². The Labute approximate surface area is 465 Å². The summed E-state index contributed by atoms with van der Waals surface area (Å²) < 4.78 is 9.10. The first-order valence-corrected chi connectivity index (χ1v) is 26.4. The van der Waals surface area contributed by atoms with Crippen molar-refractivity contribution in [2.75, 3.05) is 9.80 Å². The predicted octanol–water partition coefficient (Wildman–Crippen LogP) is 19.2. The molecular weight excluding hydrogens is 1110 g/mol. The number of para-hydroxylation sites is 1. The fourth-order valence-electron chi connectivity index (χ4n) is 10.4. The third-order valence-electron chi connectivity index (χ3n) is 14.8. The molecule has 0 aliphatic carbocycles. The number of benzene rings is 8. The van der Waals surface area contributed by atoms with Gasteiger partial charge in [0, 0.05) is 66.9 Å². The van der Waals surface area contributed by atoms with Crippen LogP contribution in [-0.2, 0) is 42.7 Å². The topological polar surface area (TPSA) is 33.5 Å². The zero-order chi connectivity index (χ0) is 52.6. The fourth-order valence-corrected chi connectivity index (χ4v) is 10.4. The Balaban J connectivity index is 0.00000657. The van der Waals surface area contributed by atoms with Crippen LogP contribution in [0.5, 0.6) is 11.5 Å². The van der Waals surface area contributed by atoms with Gasteiger partial charge in [0.15, 0.2) is 0 Å². The molecule has 0 saturated heterocycles. The molecule has 5 nitrogen and oxygen atoms in total. The quantitative estimate of drug-likeness (QED) is 0.142. The van der Waals surface area contributed by atoms with Crippen molar-refractivity contribution in [2.45, 2.75) is 105 Å². The van der Waals surface area contributed by atoms with Crippen LogP contribution in [-0.4, -0.2) is 9.55 Å². The Morgan fingerprint density at radius 1 is 0.461 bits per heavy atom. The van der Waals surface area contributed by atoms with Gasteiger partial charge in [-0.3, -0.25) is 0 Å². The molecule has 1 aliphatic heterocycles. The minimum atomic E-state index is -0.0889. The first-order chi connectivity index (χ1) is 35.7. The minimum absolute atomic E-state index is 0. The first-order valence-electron chi connectivity index (χ1n) is 26.4. The number of rotatable bonds is 8. The standard InChI is InChI=1S/C70H67N4O.Pt/c1-67(2,3)48-32-35-61-60(41-48)58-34-33-55(44-63(58)74(61)64-42-49(36-37-71-64)68(4,5)6)75-54-27-19-26-52(43-54)72-45-73(53-39-50(69(7,8)9)38-51(40-53)70(10,11)12)66-59(30-21-31-62(66)72)65-56(46-22-15-13-16-23-46)28-20-29-57(65)47-24-17-14-18-25-47;/h13-42,45H,1-12H3;/q-3;. The van der Waals surface area contributed by atoms with E-state index in [0.29, 0.717) is 11.5 Å². The van der Waals surface area contributed by atoms with Crippen molar-refractivity contribution in [3.63, 3.8) is 0 Å². The molecule has 10 aromatic rings. The molecule has 11 rings (SSSR count). The molecule has 8 aromatic carbocycles. The SMILES string of the molecule is CC(C)(C)c1cc(N2[CH-]N(c3[c-]c(Oc4[c-]c5c(cc4)c4cc(C(C)(C)C)ccc4n5-c4cc(C(C)(C)C)ccn4)ccc3)c3cccc(-c4c(-c5ccccc5)cccc4-c4ccccc4)c32)cc(C(C)(C)C)c1.[Pt]. The van der Waals surface area contributed by atoms with Crippen molar-refractivity contribution in [1.29, 1.82) is 0 Å². The second-order valence-corrected chi connectivity index (χ2v) is 24.3. The number of fused-ring (bicyclic) bond motifs is 4. The number of aromatic nitrogens is 2. The summed E-state index contributed by atoms with van der Waals surface area (Å²) in [6.07, 6.45) is 1.92. The molecule has 0 amide bonds. The molecule has 0 atom stereocenters. The predicted molar refractivity (Wildman–Crippen MR) is 315 cm³/mol. The molecule has 3 heterocycles. The van der Waals surface area contributed by atoms with Crippen molar-refractivity contribution in [2.24, 2.45) is 0 Å². The van der Waals surface area contributed by atoms with E-state index in [2.05, 4.69) is 280 Å². The second-order valence-electron chi connectivity index (χ2n) is 24.3. The van der Waals surface area contributed by atoms with Crippen LogP contribution in [0.15, 0.2) is 182 Å². The molecular formula is C70H67N4OPt-3. The number of ether oxygens (including phenoxy) is 1. The Bertz CT molecular complexity index is 3680. The molecule has 0 saturated carbocycles. The molecule has 1 aliphatic rings. The third kappa shape index (κ3) is 9.91. The van der Waals surface area contributed by atoms with Gasteiger partial charge in [-0.05, 0) is 114 Å². The number of hydrogen-bond donors (Lipinski definition) is 0. The Hall–Kier alpha value is -7.20. The van der Waals surface area contributed by atoms with Crippen LogP contribution in [0.3, 0.4) is 0 Å². The summed E-state index contributed by atoms with van der Waals surface area (Å²) in [7, 11) is 0. The van der Waals surface area contributed by atoms with Crippen LogP contribution >= 0.6 is 0 Å². The average Bonchev–Trinajstić information content (AvgIpc) is 3.99. The van der Waals surface area contributed by atoms with E-state index in [-0.39, 0.29) is 42.7 Å². The number of anilines is 4. The molecule has 2 aromatic heterocycles. The fraction of sp³-hybridized carbons (Fsp3) is 0.229. The summed E-state index contributed by atoms with van der Waals surface area (Å²) in [5.74, 6) is 2.03. The number of pyridine rings is 1. The monoisotopic (exact) mass is 1170 g/mol. The van der Waals surface area contributed by atoms with Gasteiger partial charge in [0.1, 0.15) is 5.82 Å². The molecule has 0 bridgehead atoms. The van der Waals surface area contributed by atoms with Crippen LogP contribution in [0.1, 0.15) is 105 Å². The molecule has 6 heteroatoms. The van der Waals surface area contributed by atoms with Crippen LogP contribution < -0.4 is 14.5 Å². The first kappa shape index (κ1) is 52.2. The summed E-state index contributed by atoms with van der Waals surface area (Å²) >= 11 is 0. The van der Waals surface area contributed by atoms with E-state index < -0.39 is 0 Å². The normalized spacial score (nSPS) is 13.1. The van der Waals surface area contributed by atoms with Gasteiger partial charge < -0.3 is 19.1 Å². The van der Waals surface area contributed by atoms with Gasteiger partial charge in [-0.25, -0.2) is 4.98 Å². The zero-order valence-electron chi connectivity index (χ0n) is 45.9. The van der Waals surface area contributed by atoms with Gasteiger partial charge >= 0.3 is 0 Å². The Kier molecular flexibility index (Phi) is 13.6. The van der Waals surface area contributed by atoms with E-state index in [1.165, 1.54) is 38.9 Å². The Morgan fingerprint density at radius 2 is 1.03 bits per heavy atom. The van der Waals surface area contributed by atoms with Crippen molar-refractivity contribution in [3.8, 4) is 50.7 Å². The van der Waals surface area contributed by atoms with Crippen molar-refractivity contribution in [1.82, 2.24) is 9.55 Å². The van der Waals surface area contributed by atoms with Crippen LogP contribution in [0.2, 0.25) is 0 Å². The maximum absolute atomic E-state index is 6.86. The smallest absolute Gasteiger partial charge is 0.135 e. The van der Waals surface area contributed by atoms with Crippen molar-refractivity contribution >= 4 is 44.6 Å². The summed E-state index contributed by atoms with van der Waals surface area (Å²) in [5, 5.41) is 2.26. The summed E-state index contributed by atoms with van der Waals surface area (Å²) in [5.41, 5.74) is 17.9. The molecule has 0 fully saturated rings. The van der Waals surface area contributed by atoms with Crippen LogP contribution in [0.25, 0.3) is 61.0 Å². The van der Waals surface area contributed by atoms with Gasteiger partial charge in [-0.15, -0.1) is 48.1 Å². The van der Waals surface area contributed by atoms with Crippen molar-refractivity contribution < 1.29 is 25.8 Å². The number of nitrogens with zero attached hydrogens (tertiary/aromatic N) is 4. The molecule has 0 unspecified atom stereocenters. The largest absolute Gasteiger partial charge is 0.509 e. The van der Waals surface area contributed by atoms with E-state index in [1.54, 1.807) is 0 Å². The third-order valence-corrected chi connectivity index (χ3v) is 14.8. The van der Waals surface area contributed by atoms with Gasteiger partial charge in [0.25, 0.3) is 0 Å². The second kappa shape index (κ2) is 19.7. The van der Waals surface area contributed by atoms with Gasteiger partial charge in [-0.1, -0.05) is 198 Å². The molecule has 0 radical (unpaired) electrons. The van der Waals surface area contributed by atoms with Crippen LogP contribution in [0, 0.1) is 18.8 Å². The van der Waals surface area contributed by atoms with Crippen molar-refractivity contribution in [3.05, 3.63) is 223 Å². The maximum Gasteiger partial charge on any atom is 0.135 e. The molecule has 386 valence electrons. The summed E-state index contributed by atoms with van der Waals surface area (Å²) in [6, 6.07) is 71.1. The van der Waals surface area contributed by atoms with Gasteiger partial charge in [0.05, 0.1) is 0 Å². The zero-order valence-corrected chi connectivity index (χ0v) is 48.2. The molecule has 0 spiro atoms. The van der Waals surface area contributed by atoms with Gasteiger partial charge in [-0.2, -0.15) is 12.1 Å². The van der Waals surface area contributed by atoms with Crippen LogP contribution in [0.4, 0.5) is 22.7 Å². The Morgan fingerprint density at radius 3 is 1.64 bits per heavy atom. The summed E-state index contributed by atoms with van der Waals surface area (Å²) in [4.78, 5) is 9.64.